The van der Waals surface area contributed by atoms with Gasteiger partial charge in [-0.25, -0.2) is 0 Å². The minimum absolute atomic E-state index is 0.0775. The highest BCUT2D eigenvalue weighted by Gasteiger charge is 2.18. The number of allylic oxidation sites excluding steroid dienone is 3. The number of ether oxygens (including phenoxy) is 1. The number of nitrogens with two attached hydrogens (primary N) is 1. The minimum atomic E-state index is -0.0775. The fraction of sp³-hybridized carbons (Fsp3) is 0.486. The second kappa shape index (κ2) is 18.0. The van der Waals surface area contributed by atoms with Gasteiger partial charge in [-0.2, -0.15) is 0 Å². The first-order valence-electron chi connectivity index (χ1n) is 14.1. The zero-order chi connectivity index (χ0) is 32.9. The van der Waals surface area contributed by atoms with E-state index >= 15 is 0 Å². The molecule has 0 bridgehead atoms. The van der Waals surface area contributed by atoms with E-state index in [-0.39, 0.29) is 12.0 Å². The summed E-state index contributed by atoms with van der Waals surface area (Å²) in [5.74, 6) is 0.775. The number of rotatable bonds is 5. The Morgan fingerprint density at radius 3 is 1.54 bits per heavy atom. The Morgan fingerprint density at radius 2 is 1.24 bits per heavy atom. The molecule has 1 amide bonds. The van der Waals surface area contributed by atoms with Crippen LogP contribution in [0.2, 0.25) is 0 Å². The molecule has 2 rings (SSSR count). The summed E-state index contributed by atoms with van der Waals surface area (Å²) in [7, 11) is 0. The topological polar surface area (TPSA) is 52.3 Å². The average molecular weight is 582 g/mol. The number of amides is 1. The van der Waals surface area contributed by atoms with Crippen molar-refractivity contribution in [3.8, 4) is 0 Å². The molecule has 0 radical (unpaired) electrons. The highest BCUT2D eigenvalue weighted by molar-refractivity contribution is 8.03. The normalized spacial score (nSPS) is 10.5. The molecule has 0 atom stereocenters. The number of benzene rings is 2. The molecule has 2 aromatic rings. The Kier molecular flexibility index (Phi) is 17.7. The Bertz CT molecular complexity index is 1160. The van der Waals surface area contributed by atoms with Crippen molar-refractivity contribution in [3.05, 3.63) is 93.1 Å². The first-order chi connectivity index (χ1) is 18.5. The van der Waals surface area contributed by atoms with Crippen molar-refractivity contribution >= 4 is 23.7 Å². The van der Waals surface area contributed by atoms with Crippen LogP contribution < -0.4 is 5.73 Å². The molecule has 0 fully saturated rings. The van der Waals surface area contributed by atoms with E-state index in [2.05, 4.69) is 106 Å². The van der Waals surface area contributed by atoms with E-state index in [9.17, 15) is 0 Å². The summed E-state index contributed by atoms with van der Waals surface area (Å²) in [5.41, 5.74) is 17.0. The molecule has 0 aliphatic heterocycles. The summed E-state index contributed by atoms with van der Waals surface area (Å²) in [4.78, 5) is 11.0. The molecule has 230 valence electrons. The van der Waals surface area contributed by atoms with Crippen LogP contribution in [-0.4, -0.2) is 12.0 Å². The Labute approximate surface area is 257 Å². The highest BCUT2D eigenvalue weighted by Crippen LogP contribution is 2.32. The van der Waals surface area contributed by atoms with Crippen molar-refractivity contribution in [1.29, 1.82) is 0 Å². The minimum Gasteiger partial charge on any atom is -0.493 e. The van der Waals surface area contributed by atoms with E-state index in [0.717, 1.165) is 16.2 Å². The van der Waals surface area contributed by atoms with Gasteiger partial charge in [-0.05, 0) is 150 Å². The molecule has 0 spiro atoms. The van der Waals surface area contributed by atoms with Crippen LogP contribution in [0, 0.1) is 47.0 Å². The van der Waals surface area contributed by atoms with E-state index in [4.69, 9.17) is 9.53 Å². The zero-order valence-corrected chi connectivity index (χ0v) is 29.8. The first-order valence-corrected chi connectivity index (χ1v) is 15.0. The second-order valence-corrected chi connectivity index (χ2v) is 14.3. The van der Waals surface area contributed by atoms with Crippen LogP contribution in [0.25, 0.3) is 5.57 Å². The second-order valence-electron chi connectivity index (χ2n) is 13.0. The van der Waals surface area contributed by atoms with Crippen LogP contribution in [0.1, 0.15) is 107 Å². The molecule has 0 saturated carbocycles. The van der Waals surface area contributed by atoms with Crippen molar-refractivity contribution in [2.75, 3.05) is 0 Å². The molecule has 2 N–H and O–H groups in total. The smallest absolute Gasteiger partial charge is 0.204 e. The van der Waals surface area contributed by atoms with E-state index in [1.807, 2.05) is 41.5 Å². The van der Waals surface area contributed by atoms with Crippen molar-refractivity contribution in [1.82, 2.24) is 0 Å². The fourth-order valence-electron chi connectivity index (χ4n) is 4.06. The van der Waals surface area contributed by atoms with E-state index in [1.165, 1.54) is 50.3 Å². The van der Waals surface area contributed by atoms with E-state index in [0.29, 0.717) is 5.41 Å². The van der Waals surface area contributed by atoms with E-state index < -0.39 is 0 Å². The molecule has 0 heterocycles. The van der Waals surface area contributed by atoms with Crippen LogP contribution in [0.15, 0.2) is 53.5 Å². The first kappa shape index (κ1) is 40.4. The van der Waals surface area contributed by atoms with Gasteiger partial charge in [-0.1, -0.05) is 70.0 Å². The molecule has 0 saturated heterocycles. The number of hydrogen-bond acceptors (Lipinski definition) is 3. The lowest BCUT2D eigenvalue weighted by molar-refractivity contribution is -0.106. The van der Waals surface area contributed by atoms with Gasteiger partial charge < -0.3 is 10.5 Å². The van der Waals surface area contributed by atoms with Crippen molar-refractivity contribution in [2.45, 2.75) is 121 Å². The van der Waals surface area contributed by atoms with Gasteiger partial charge in [0.1, 0.15) is 5.60 Å². The average Bonchev–Trinajstić information content (AvgIpc) is 2.79. The molecule has 2 aromatic carbocycles. The maximum atomic E-state index is 8.58. The third-order valence-electron chi connectivity index (χ3n) is 6.31. The molecular weight excluding hydrogens is 522 g/mol. The lowest BCUT2D eigenvalue weighted by Gasteiger charge is -2.25. The number of aryl methyl sites for hydroxylation is 1. The number of carbonyl (C=O) groups is 1. The number of primary amides is 1. The number of thioether (sulfide) groups is 1. The van der Waals surface area contributed by atoms with Crippen molar-refractivity contribution in [3.63, 3.8) is 0 Å². The van der Waals surface area contributed by atoms with E-state index in [1.54, 1.807) is 17.3 Å². The lowest BCUT2D eigenvalue weighted by atomic mass is 9.81. The third kappa shape index (κ3) is 17.0. The number of carbonyl (C=O) groups excluding carboxylic acids is 1. The van der Waals surface area contributed by atoms with Crippen molar-refractivity contribution in [2.24, 2.45) is 11.1 Å². The maximum Gasteiger partial charge on any atom is 0.204 e. The van der Waals surface area contributed by atoms with Crippen LogP contribution in [-0.2, 0) is 16.0 Å². The zero-order valence-electron chi connectivity index (χ0n) is 28.9. The quantitative estimate of drug-likeness (QED) is 0.217. The monoisotopic (exact) mass is 581 g/mol. The van der Waals surface area contributed by atoms with Gasteiger partial charge in [-0.3, -0.25) is 4.79 Å². The molecule has 41 heavy (non-hydrogen) atoms. The molecule has 0 unspecified atom stereocenters. The van der Waals surface area contributed by atoms with Crippen LogP contribution in [0.3, 0.4) is 0 Å². The molecule has 0 aliphatic carbocycles. The predicted octanol–water partition coefficient (Wildman–Crippen LogP) is 10.9. The Balaban J connectivity index is 0. The van der Waals surface area contributed by atoms with Crippen LogP contribution >= 0.6 is 11.8 Å². The highest BCUT2D eigenvalue weighted by atomic mass is 32.2. The third-order valence-corrected chi connectivity index (χ3v) is 7.32. The summed E-state index contributed by atoms with van der Waals surface area (Å²) < 4.78 is 5.24. The SMILES string of the molecule is C=C(C)OC(C)(C)C.C=C(C)Sc1cc(C(=C)C)ccc1C.Cc1c(C)c(C)c(CC(C)(C)C)c(C)c1C.NC=O. The maximum absolute atomic E-state index is 8.58. The standard InChI is InChI=1S/C16H26.C13H16S.C7H14O.CH3NO/c1-10-11(2)13(4)15(9-16(6,7)8)14(5)12(10)3;1-9(2)12-7-6-11(5)13(8-12)14-10(3)4;1-6(2)8-7(3,4)5;2-1-3/h9H2,1-8H3;6-8H,1,3H2,2,4-5H3;1H2,2-5H3;1H,(H2,2,3). The van der Waals surface area contributed by atoms with Crippen molar-refractivity contribution < 1.29 is 9.53 Å². The van der Waals surface area contributed by atoms with Gasteiger partial charge in [0.15, 0.2) is 0 Å². The largest absolute Gasteiger partial charge is 0.493 e. The van der Waals surface area contributed by atoms with Gasteiger partial charge >= 0.3 is 0 Å². The Morgan fingerprint density at radius 1 is 0.829 bits per heavy atom. The lowest BCUT2D eigenvalue weighted by Crippen LogP contribution is -2.17. The van der Waals surface area contributed by atoms with Gasteiger partial charge in [0.05, 0.1) is 5.76 Å². The van der Waals surface area contributed by atoms with Crippen LogP contribution in [0.4, 0.5) is 0 Å². The summed E-state index contributed by atoms with van der Waals surface area (Å²) in [6.07, 6.45) is 1.42. The summed E-state index contributed by atoms with van der Waals surface area (Å²) >= 11 is 1.72. The number of hydrogen-bond donors (Lipinski definition) is 1. The molecule has 4 heteroatoms. The summed E-state index contributed by atoms with van der Waals surface area (Å²) in [6, 6.07) is 6.42. The molecule has 3 nitrogen and oxygen atoms in total. The molecule has 0 aromatic heterocycles. The summed E-state index contributed by atoms with van der Waals surface area (Å²) in [6.45, 7) is 43.7. The van der Waals surface area contributed by atoms with Gasteiger partial charge in [0.2, 0.25) is 6.41 Å². The Hall–Kier alpha value is -2.72. The molecular formula is C37H59NO2S. The van der Waals surface area contributed by atoms with Gasteiger partial charge in [-0.15, -0.1) is 0 Å². The van der Waals surface area contributed by atoms with Gasteiger partial charge in [0, 0.05) is 4.90 Å². The van der Waals surface area contributed by atoms with Crippen LogP contribution in [0.5, 0.6) is 0 Å². The predicted molar refractivity (Wildman–Crippen MR) is 186 cm³/mol. The summed E-state index contributed by atoms with van der Waals surface area (Å²) in [5, 5.41) is 0. The molecule has 0 aliphatic rings. The van der Waals surface area contributed by atoms with Gasteiger partial charge in [0.25, 0.3) is 0 Å². The fourth-order valence-corrected chi connectivity index (χ4v) is 4.85.